The van der Waals surface area contributed by atoms with Gasteiger partial charge in [-0.05, 0) is 18.2 Å². The maximum absolute atomic E-state index is 11.9. The molecule has 1 amide bonds. The maximum Gasteiger partial charge on any atom is 0.235 e. The highest BCUT2D eigenvalue weighted by Crippen LogP contribution is 2.21. The highest BCUT2D eigenvalue weighted by atomic mass is 35.5. The lowest BCUT2D eigenvalue weighted by atomic mass is 10.3. The van der Waals surface area contributed by atoms with Gasteiger partial charge in [-0.15, -0.1) is 0 Å². The van der Waals surface area contributed by atoms with Gasteiger partial charge in [0.2, 0.25) is 5.91 Å². The molecule has 0 aliphatic carbocycles. The summed E-state index contributed by atoms with van der Waals surface area (Å²) in [6.45, 7) is 0. The number of carbonyl (C=O) groups is 1. The van der Waals surface area contributed by atoms with Crippen LogP contribution in [0.4, 0.5) is 5.69 Å². The van der Waals surface area contributed by atoms with Crippen molar-refractivity contribution < 1.29 is 9.00 Å². The van der Waals surface area contributed by atoms with Crippen molar-refractivity contribution in [2.75, 3.05) is 25.6 Å². The smallest absolute Gasteiger partial charge is 0.235 e. The van der Waals surface area contributed by atoms with Gasteiger partial charge < -0.3 is 10.6 Å². The van der Waals surface area contributed by atoms with Crippen LogP contribution in [0.3, 0.4) is 0 Å². The van der Waals surface area contributed by atoms with Crippen LogP contribution in [0, 0.1) is 0 Å². The molecule has 0 saturated heterocycles. The lowest BCUT2D eigenvalue weighted by molar-refractivity contribution is -0.125. The van der Waals surface area contributed by atoms with Crippen molar-refractivity contribution >= 4 is 34.0 Å². The van der Waals surface area contributed by atoms with E-state index in [1.165, 1.54) is 11.0 Å². The molecule has 1 aromatic carbocycles. The van der Waals surface area contributed by atoms with Crippen molar-refractivity contribution in [3.63, 3.8) is 0 Å². The van der Waals surface area contributed by atoms with Crippen LogP contribution in [0.25, 0.3) is 0 Å². The minimum absolute atomic E-state index is 0.0858. The summed E-state index contributed by atoms with van der Waals surface area (Å²) < 4.78 is 11.9. The molecule has 1 unspecified atom stereocenters. The molecule has 4 nitrogen and oxygen atoms in total. The van der Waals surface area contributed by atoms with E-state index in [9.17, 15) is 9.00 Å². The molecule has 0 saturated carbocycles. The van der Waals surface area contributed by atoms with Gasteiger partial charge in [-0.3, -0.25) is 9.00 Å². The number of halogens is 1. The molecule has 88 valence electrons. The molecule has 2 N–H and O–H groups in total. The fourth-order valence-electron chi connectivity index (χ4n) is 1.02. The van der Waals surface area contributed by atoms with Crippen LogP contribution >= 0.6 is 11.6 Å². The second-order valence-electron chi connectivity index (χ2n) is 3.46. The molecular weight excluding hydrogens is 248 g/mol. The SMILES string of the molecule is CN(C)C(=O)CS(=O)c1cc(Cl)ccc1N. The predicted octanol–water partition coefficient (Wildman–Crippen LogP) is 1.12. The van der Waals surface area contributed by atoms with Gasteiger partial charge in [0.15, 0.2) is 0 Å². The summed E-state index contributed by atoms with van der Waals surface area (Å²) >= 11 is 5.77. The summed E-state index contributed by atoms with van der Waals surface area (Å²) in [4.78, 5) is 13.2. The molecule has 1 aromatic rings. The van der Waals surface area contributed by atoms with Crippen LogP contribution in [-0.2, 0) is 15.6 Å². The lowest BCUT2D eigenvalue weighted by Crippen LogP contribution is -2.27. The Bertz CT molecular complexity index is 435. The van der Waals surface area contributed by atoms with Gasteiger partial charge in [-0.2, -0.15) is 0 Å². The Morgan fingerprint density at radius 2 is 2.12 bits per heavy atom. The number of carbonyl (C=O) groups excluding carboxylic acids is 1. The molecule has 0 aliphatic heterocycles. The molecule has 6 heteroatoms. The van der Waals surface area contributed by atoms with Crippen LogP contribution in [0.15, 0.2) is 23.1 Å². The van der Waals surface area contributed by atoms with Crippen LogP contribution in [0.5, 0.6) is 0 Å². The first kappa shape index (κ1) is 13.0. The van der Waals surface area contributed by atoms with Crippen molar-refractivity contribution in [2.24, 2.45) is 0 Å². The Morgan fingerprint density at radius 3 is 2.69 bits per heavy atom. The average molecular weight is 261 g/mol. The number of hydrogen-bond acceptors (Lipinski definition) is 3. The second-order valence-corrected chi connectivity index (χ2v) is 5.32. The molecule has 0 heterocycles. The van der Waals surface area contributed by atoms with Crippen molar-refractivity contribution in [1.29, 1.82) is 0 Å². The van der Waals surface area contributed by atoms with Gasteiger partial charge in [-0.25, -0.2) is 0 Å². The number of hydrogen-bond donors (Lipinski definition) is 1. The van der Waals surface area contributed by atoms with E-state index >= 15 is 0 Å². The first-order valence-electron chi connectivity index (χ1n) is 4.55. The van der Waals surface area contributed by atoms with E-state index < -0.39 is 10.8 Å². The Labute approximate surface area is 102 Å². The van der Waals surface area contributed by atoms with E-state index in [1.54, 1.807) is 26.2 Å². The standard InChI is InChI=1S/C10H13ClN2O2S/c1-13(2)10(14)6-16(15)9-5-7(11)3-4-8(9)12/h3-5H,6,12H2,1-2H3. The average Bonchev–Trinajstić information content (AvgIpc) is 2.21. The minimum Gasteiger partial charge on any atom is -0.398 e. The van der Waals surface area contributed by atoms with E-state index in [0.29, 0.717) is 15.6 Å². The molecule has 1 atom stereocenters. The van der Waals surface area contributed by atoms with E-state index in [1.807, 2.05) is 0 Å². The summed E-state index contributed by atoms with van der Waals surface area (Å²) in [6.07, 6.45) is 0. The topological polar surface area (TPSA) is 63.4 Å². The zero-order valence-corrected chi connectivity index (χ0v) is 10.6. The summed E-state index contributed by atoms with van der Waals surface area (Å²) in [7, 11) is 1.77. The summed E-state index contributed by atoms with van der Waals surface area (Å²) in [5, 5.41) is 0.454. The minimum atomic E-state index is -1.46. The van der Waals surface area contributed by atoms with Crippen molar-refractivity contribution in [3.8, 4) is 0 Å². The Hall–Kier alpha value is -1.07. The Kier molecular flexibility index (Phi) is 4.32. The predicted molar refractivity (Wildman–Crippen MR) is 65.8 cm³/mol. The highest BCUT2D eigenvalue weighted by molar-refractivity contribution is 7.86. The van der Waals surface area contributed by atoms with Crippen LogP contribution in [0.2, 0.25) is 5.02 Å². The number of nitrogen functional groups attached to an aromatic ring is 1. The van der Waals surface area contributed by atoms with Gasteiger partial charge in [-0.1, -0.05) is 11.6 Å². The van der Waals surface area contributed by atoms with Crippen LogP contribution < -0.4 is 5.73 Å². The fourth-order valence-corrected chi connectivity index (χ4v) is 2.49. The van der Waals surface area contributed by atoms with Crippen molar-refractivity contribution in [3.05, 3.63) is 23.2 Å². The third-order valence-electron chi connectivity index (χ3n) is 1.97. The number of anilines is 1. The summed E-state index contributed by atoms with van der Waals surface area (Å²) in [5.74, 6) is -0.296. The number of nitrogens with two attached hydrogens (primary N) is 1. The van der Waals surface area contributed by atoms with Crippen molar-refractivity contribution in [2.45, 2.75) is 4.90 Å². The molecule has 0 aliphatic rings. The molecule has 0 spiro atoms. The Balaban J connectivity index is 2.88. The summed E-state index contributed by atoms with van der Waals surface area (Å²) in [5.41, 5.74) is 6.05. The summed E-state index contributed by atoms with van der Waals surface area (Å²) in [6, 6.07) is 4.72. The lowest BCUT2D eigenvalue weighted by Gasteiger charge is -2.10. The zero-order chi connectivity index (χ0) is 12.3. The number of rotatable bonds is 3. The number of benzene rings is 1. The fraction of sp³-hybridized carbons (Fsp3) is 0.300. The molecular formula is C10H13ClN2O2S. The molecule has 0 radical (unpaired) electrons. The normalized spacial score (nSPS) is 12.2. The molecule has 16 heavy (non-hydrogen) atoms. The molecule has 0 fully saturated rings. The van der Waals surface area contributed by atoms with Gasteiger partial charge in [0.25, 0.3) is 0 Å². The largest absolute Gasteiger partial charge is 0.398 e. The third kappa shape index (κ3) is 3.21. The maximum atomic E-state index is 11.9. The quantitative estimate of drug-likeness (QED) is 0.829. The van der Waals surface area contributed by atoms with E-state index in [0.717, 1.165) is 0 Å². The molecule has 0 aromatic heterocycles. The van der Waals surface area contributed by atoms with Gasteiger partial charge in [0, 0.05) is 24.8 Å². The van der Waals surface area contributed by atoms with E-state index in [2.05, 4.69) is 0 Å². The van der Waals surface area contributed by atoms with Gasteiger partial charge in [0.1, 0.15) is 5.75 Å². The monoisotopic (exact) mass is 260 g/mol. The molecule has 1 rings (SSSR count). The third-order valence-corrected chi connectivity index (χ3v) is 3.56. The van der Waals surface area contributed by atoms with Crippen molar-refractivity contribution in [1.82, 2.24) is 4.90 Å². The van der Waals surface area contributed by atoms with Crippen LogP contribution in [0.1, 0.15) is 0 Å². The first-order valence-corrected chi connectivity index (χ1v) is 6.25. The second kappa shape index (κ2) is 5.32. The zero-order valence-electron chi connectivity index (χ0n) is 9.07. The first-order chi connectivity index (χ1) is 7.41. The van der Waals surface area contributed by atoms with E-state index in [4.69, 9.17) is 17.3 Å². The van der Waals surface area contributed by atoms with E-state index in [-0.39, 0.29) is 11.7 Å². The molecule has 0 bridgehead atoms. The highest BCUT2D eigenvalue weighted by Gasteiger charge is 2.14. The van der Waals surface area contributed by atoms with Gasteiger partial charge >= 0.3 is 0 Å². The Morgan fingerprint density at radius 1 is 1.50 bits per heavy atom. The number of nitrogens with zero attached hydrogens (tertiary/aromatic N) is 1. The van der Waals surface area contributed by atoms with Crippen LogP contribution in [-0.4, -0.2) is 34.9 Å². The van der Waals surface area contributed by atoms with Gasteiger partial charge in [0.05, 0.1) is 15.7 Å². The number of amides is 1.